The Morgan fingerprint density at radius 1 is 1.25 bits per heavy atom. The highest BCUT2D eigenvalue weighted by Crippen LogP contribution is 2.27. The van der Waals surface area contributed by atoms with Crippen LogP contribution in [-0.2, 0) is 10.0 Å². The molecule has 0 aliphatic heterocycles. The number of para-hydroxylation sites is 1. The third-order valence-electron chi connectivity index (χ3n) is 3.28. The summed E-state index contributed by atoms with van der Waals surface area (Å²) in [5.41, 5.74) is 6.41. The first-order valence-corrected chi connectivity index (χ1v) is 8.25. The van der Waals surface area contributed by atoms with Crippen molar-refractivity contribution < 1.29 is 8.42 Å². The van der Waals surface area contributed by atoms with E-state index in [0.717, 1.165) is 18.8 Å². The Hall–Kier alpha value is -1.11. The van der Waals surface area contributed by atoms with Crippen molar-refractivity contribution in [3.63, 3.8) is 0 Å². The molecule has 1 unspecified atom stereocenters. The Labute approximate surface area is 122 Å². The van der Waals surface area contributed by atoms with Gasteiger partial charge in [0.2, 0.25) is 10.0 Å². The van der Waals surface area contributed by atoms with Gasteiger partial charge in [-0.1, -0.05) is 19.1 Å². The van der Waals surface area contributed by atoms with Gasteiger partial charge in [-0.3, -0.25) is 0 Å². The summed E-state index contributed by atoms with van der Waals surface area (Å²) < 4.78 is 26.0. The van der Waals surface area contributed by atoms with Crippen LogP contribution in [0.2, 0.25) is 0 Å². The van der Waals surface area contributed by atoms with Crippen LogP contribution in [0, 0.1) is 5.92 Å². The van der Waals surface area contributed by atoms with Crippen LogP contribution in [0.3, 0.4) is 0 Å². The van der Waals surface area contributed by atoms with Gasteiger partial charge in [0.1, 0.15) is 4.90 Å². The lowest BCUT2D eigenvalue weighted by atomic mass is 10.1. The van der Waals surface area contributed by atoms with Gasteiger partial charge in [-0.2, -0.15) is 0 Å². The first-order chi connectivity index (χ1) is 9.34. The van der Waals surface area contributed by atoms with Crippen LogP contribution in [-0.4, -0.2) is 46.5 Å². The fraction of sp³-hybridized carbons (Fsp3) is 0.571. The lowest BCUT2D eigenvalue weighted by Gasteiger charge is -2.28. The van der Waals surface area contributed by atoms with E-state index in [-0.39, 0.29) is 0 Å². The van der Waals surface area contributed by atoms with Crippen molar-refractivity contribution in [3.8, 4) is 0 Å². The van der Waals surface area contributed by atoms with E-state index in [9.17, 15) is 8.42 Å². The molecule has 1 rings (SSSR count). The van der Waals surface area contributed by atoms with Gasteiger partial charge >= 0.3 is 0 Å². The van der Waals surface area contributed by atoms with E-state index >= 15 is 0 Å². The van der Waals surface area contributed by atoms with Crippen molar-refractivity contribution in [2.45, 2.75) is 18.7 Å². The summed E-state index contributed by atoms with van der Waals surface area (Å²) in [7, 11) is -0.352. The summed E-state index contributed by atoms with van der Waals surface area (Å²) >= 11 is 0. The maximum absolute atomic E-state index is 12.4. The average molecular weight is 299 g/mol. The quantitative estimate of drug-likeness (QED) is 0.825. The van der Waals surface area contributed by atoms with Crippen LogP contribution < -0.4 is 10.6 Å². The largest absolute Gasteiger partial charge is 0.370 e. The number of hydrogen-bond donors (Lipinski definition) is 1. The van der Waals surface area contributed by atoms with Crippen molar-refractivity contribution in [2.75, 3.05) is 38.6 Å². The first kappa shape index (κ1) is 16.9. The molecular formula is C14H25N3O2S. The molecule has 0 aliphatic carbocycles. The Morgan fingerprint density at radius 2 is 1.85 bits per heavy atom. The van der Waals surface area contributed by atoms with E-state index < -0.39 is 10.0 Å². The fourth-order valence-electron chi connectivity index (χ4n) is 1.98. The van der Waals surface area contributed by atoms with Crippen LogP contribution in [0.25, 0.3) is 0 Å². The molecule has 1 aromatic carbocycles. The summed E-state index contributed by atoms with van der Waals surface area (Å²) in [6, 6.07) is 7.11. The highest BCUT2D eigenvalue weighted by molar-refractivity contribution is 7.89. The molecule has 1 aromatic rings. The van der Waals surface area contributed by atoms with E-state index in [0.29, 0.717) is 17.4 Å². The smallest absolute Gasteiger partial charge is 0.244 e. The Kier molecular flexibility index (Phi) is 5.98. The van der Waals surface area contributed by atoms with E-state index in [4.69, 9.17) is 5.73 Å². The molecule has 6 heteroatoms. The molecule has 114 valence electrons. The van der Waals surface area contributed by atoms with Gasteiger partial charge in [-0.05, 0) is 31.5 Å². The number of sulfonamides is 1. The molecule has 0 fully saturated rings. The monoisotopic (exact) mass is 299 g/mol. The number of hydrogen-bond acceptors (Lipinski definition) is 4. The summed E-state index contributed by atoms with van der Waals surface area (Å²) in [6.07, 6.45) is 0. The minimum Gasteiger partial charge on any atom is -0.370 e. The summed E-state index contributed by atoms with van der Waals surface area (Å²) in [5.74, 6) is 0.310. The van der Waals surface area contributed by atoms with Crippen LogP contribution in [0.15, 0.2) is 29.2 Å². The second kappa shape index (κ2) is 7.06. The Balaban J connectivity index is 3.24. The molecule has 1 atom stereocenters. The molecule has 20 heavy (non-hydrogen) atoms. The molecular weight excluding hydrogens is 274 g/mol. The molecule has 5 nitrogen and oxygen atoms in total. The van der Waals surface area contributed by atoms with Crippen LogP contribution in [0.4, 0.5) is 5.69 Å². The normalized spacial score (nSPS) is 13.5. The number of rotatable bonds is 7. The van der Waals surface area contributed by atoms with Crippen LogP contribution >= 0.6 is 0 Å². The topological polar surface area (TPSA) is 66.6 Å². The highest BCUT2D eigenvalue weighted by atomic mass is 32.2. The zero-order valence-corrected chi connectivity index (χ0v) is 13.5. The predicted octanol–water partition coefficient (Wildman–Crippen LogP) is 1.36. The van der Waals surface area contributed by atoms with Crippen molar-refractivity contribution in [2.24, 2.45) is 11.7 Å². The van der Waals surface area contributed by atoms with Crippen molar-refractivity contribution in [3.05, 3.63) is 24.3 Å². The molecule has 0 bridgehead atoms. The molecule has 0 radical (unpaired) electrons. The molecule has 0 aliphatic rings. The summed E-state index contributed by atoms with van der Waals surface area (Å²) in [4.78, 5) is 2.41. The SMILES string of the molecule is CCN(CC(C)CN)c1ccccc1S(=O)(=O)N(C)C. The third-order valence-corrected chi connectivity index (χ3v) is 5.14. The number of anilines is 1. The van der Waals surface area contributed by atoms with Crippen molar-refractivity contribution >= 4 is 15.7 Å². The molecule has 0 saturated heterocycles. The fourth-order valence-corrected chi connectivity index (χ4v) is 3.09. The van der Waals surface area contributed by atoms with E-state index in [1.54, 1.807) is 26.2 Å². The maximum Gasteiger partial charge on any atom is 0.244 e. The van der Waals surface area contributed by atoms with Gasteiger partial charge in [0.25, 0.3) is 0 Å². The third kappa shape index (κ3) is 3.71. The minimum absolute atomic E-state index is 0.310. The van der Waals surface area contributed by atoms with Crippen molar-refractivity contribution in [1.29, 1.82) is 0 Å². The molecule has 0 amide bonds. The second-order valence-corrected chi connectivity index (χ2v) is 7.25. The molecule has 0 saturated carbocycles. The van der Waals surface area contributed by atoms with Crippen LogP contribution in [0.1, 0.15) is 13.8 Å². The number of nitrogens with zero attached hydrogens (tertiary/aromatic N) is 2. The standard InChI is InChI=1S/C14H25N3O2S/c1-5-17(11-12(2)10-15)13-8-6-7-9-14(13)20(18,19)16(3)4/h6-9,12H,5,10-11,15H2,1-4H3. The van der Waals surface area contributed by atoms with Gasteiger partial charge in [0.05, 0.1) is 5.69 Å². The lowest BCUT2D eigenvalue weighted by molar-refractivity contribution is 0.519. The summed E-state index contributed by atoms with van der Waals surface area (Å²) in [5, 5.41) is 0. The Bertz CT molecular complexity index is 529. The van der Waals surface area contributed by atoms with Gasteiger partial charge in [-0.25, -0.2) is 12.7 Å². The molecule has 0 heterocycles. The van der Waals surface area contributed by atoms with E-state index in [1.165, 1.54) is 4.31 Å². The maximum atomic E-state index is 12.4. The zero-order valence-electron chi connectivity index (χ0n) is 12.7. The first-order valence-electron chi connectivity index (χ1n) is 6.81. The van der Waals surface area contributed by atoms with Crippen LogP contribution in [0.5, 0.6) is 0 Å². The predicted molar refractivity (Wildman–Crippen MR) is 83.4 cm³/mol. The second-order valence-electron chi connectivity index (χ2n) is 5.13. The summed E-state index contributed by atoms with van der Waals surface area (Å²) in [6.45, 7) is 6.14. The van der Waals surface area contributed by atoms with E-state index in [2.05, 4.69) is 11.8 Å². The van der Waals surface area contributed by atoms with Gasteiger partial charge in [0.15, 0.2) is 0 Å². The average Bonchev–Trinajstić information content (AvgIpc) is 2.44. The zero-order chi connectivity index (χ0) is 15.3. The van der Waals surface area contributed by atoms with Crippen molar-refractivity contribution in [1.82, 2.24) is 4.31 Å². The molecule has 0 spiro atoms. The molecule has 2 N–H and O–H groups in total. The van der Waals surface area contributed by atoms with Gasteiger partial charge in [-0.15, -0.1) is 0 Å². The van der Waals surface area contributed by atoms with E-state index in [1.807, 2.05) is 19.1 Å². The Morgan fingerprint density at radius 3 is 2.35 bits per heavy atom. The highest BCUT2D eigenvalue weighted by Gasteiger charge is 2.23. The van der Waals surface area contributed by atoms with Gasteiger partial charge < -0.3 is 10.6 Å². The van der Waals surface area contributed by atoms with Gasteiger partial charge in [0, 0.05) is 27.2 Å². The number of benzene rings is 1. The number of nitrogens with two attached hydrogens (primary N) is 1. The minimum atomic E-state index is -3.44. The lowest BCUT2D eigenvalue weighted by Crippen LogP contribution is -2.33. The molecule has 0 aromatic heterocycles.